The molecule has 1 heterocycles. The van der Waals surface area contributed by atoms with Crippen LogP contribution in [-0.4, -0.2) is 13.1 Å². The minimum atomic E-state index is 0. The largest absolute Gasteiger partial charge is 0.316 e. The van der Waals surface area contributed by atoms with Crippen molar-refractivity contribution in [3.05, 3.63) is 34.9 Å². The molecule has 82 valence electrons. The van der Waals surface area contributed by atoms with E-state index < -0.39 is 0 Å². The zero-order valence-electron chi connectivity index (χ0n) is 8.45. The zero-order chi connectivity index (χ0) is 9.54. The maximum absolute atomic E-state index is 5.89. The van der Waals surface area contributed by atoms with E-state index in [0.29, 0.717) is 0 Å². The maximum atomic E-state index is 5.89. The summed E-state index contributed by atoms with van der Waals surface area (Å²) in [5, 5.41) is 4.31. The molecule has 0 amide bonds. The molecular formula is C12H15Cl2N. The van der Waals surface area contributed by atoms with Crippen LogP contribution in [0.4, 0.5) is 0 Å². The average Bonchev–Trinajstić information content (AvgIpc) is 2.22. The van der Waals surface area contributed by atoms with Crippen molar-refractivity contribution in [2.24, 2.45) is 11.8 Å². The van der Waals surface area contributed by atoms with Crippen molar-refractivity contribution in [1.29, 1.82) is 0 Å². The van der Waals surface area contributed by atoms with Gasteiger partial charge in [-0.15, -0.1) is 12.4 Å². The first-order valence-electron chi connectivity index (χ1n) is 5.31. The van der Waals surface area contributed by atoms with Crippen molar-refractivity contribution in [3.63, 3.8) is 0 Å². The van der Waals surface area contributed by atoms with E-state index in [2.05, 4.69) is 17.4 Å². The molecule has 1 aromatic rings. The summed E-state index contributed by atoms with van der Waals surface area (Å²) in [5.41, 5.74) is 1.48. The third kappa shape index (κ3) is 1.89. The van der Waals surface area contributed by atoms with Crippen LogP contribution >= 0.6 is 24.0 Å². The number of halogens is 2. The van der Waals surface area contributed by atoms with Crippen LogP contribution in [0.5, 0.6) is 0 Å². The lowest BCUT2D eigenvalue weighted by atomic mass is 9.60. The summed E-state index contributed by atoms with van der Waals surface area (Å²) in [6, 6.07) is 8.41. The van der Waals surface area contributed by atoms with E-state index in [1.165, 1.54) is 25.1 Å². The Kier molecular flexibility index (Phi) is 3.24. The number of rotatable bonds is 1. The van der Waals surface area contributed by atoms with Gasteiger partial charge in [-0.3, -0.25) is 0 Å². The van der Waals surface area contributed by atoms with Gasteiger partial charge in [-0.2, -0.15) is 0 Å². The summed E-state index contributed by atoms with van der Waals surface area (Å²) in [7, 11) is 0. The number of piperidine rings is 2. The molecule has 3 heteroatoms. The summed E-state index contributed by atoms with van der Waals surface area (Å²) in [6.07, 6.45) is 1.42. The van der Waals surface area contributed by atoms with Crippen LogP contribution in [-0.2, 0) is 0 Å². The van der Waals surface area contributed by atoms with E-state index >= 15 is 0 Å². The fourth-order valence-electron chi connectivity index (χ4n) is 2.98. The second kappa shape index (κ2) is 4.32. The topological polar surface area (TPSA) is 12.0 Å². The third-order valence-corrected chi connectivity index (χ3v) is 3.94. The van der Waals surface area contributed by atoms with Crippen molar-refractivity contribution < 1.29 is 0 Å². The molecule has 1 saturated heterocycles. The highest BCUT2D eigenvalue weighted by atomic mass is 35.5. The summed E-state index contributed by atoms with van der Waals surface area (Å²) < 4.78 is 0. The van der Waals surface area contributed by atoms with Crippen molar-refractivity contribution in [2.75, 3.05) is 13.1 Å². The van der Waals surface area contributed by atoms with Crippen molar-refractivity contribution in [1.82, 2.24) is 5.32 Å². The van der Waals surface area contributed by atoms with Gasteiger partial charge < -0.3 is 5.32 Å². The summed E-state index contributed by atoms with van der Waals surface area (Å²) in [6.45, 7) is 2.40. The van der Waals surface area contributed by atoms with Crippen LogP contribution in [0.3, 0.4) is 0 Å². The lowest BCUT2D eigenvalue weighted by Crippen LogP contribution is -2.51. The van der Waals surface area contributed by atoms with Gasteiger partial charge >= 0.3 is 0 Å². The summed E-state index contributed by atoms with van der Waals surface area (Å²) in [5.74, 6) is 2.54. The highest BCUT2D eigenvalue weighted by Crippen LogP contribution is 2.49. The van der Waals surface area contributed by atoms with E-state index in [4.69, 9.17) is 11.6 Å². The van der Waals surface area contributed by atoms with Gasteiger partial charge in [0.15, 0.2) is 0 Å². The molecule has 1 nitrogen and oxygen atoms in total. The monoisotopic (exact) mass is 243 g/mol. The highest BCUT2D eigenvalue weighted by molar-refractivity contribution is 6.30. The van der Waals surface area contributed by atoms with Crippen molar-refractivity contribution >= 4 is 24.0 Å². The Bertz CT molecular complexity index is 322. The van der Waals surface area contributed by atoms with E-state index in [0.717, 1.165) is 22.8 Å². The zero-order valence-corrected chi connectivity index (χ0v) is 10.0. The molecule has 1 aliphatic heterocycles. The Morgan fingerprint density at radius 3 is 2.20 bits per heavy atom. The van der Waals surface area contributed by atoms with Gasteiger partial charge in [0.1, 0.15) is 0 Å². The van der Waals surface area contributed by atoms with Gasteiger partial charge in [-0.05, 0) is 55.0 Å². The molecule has 1 aliphatic carbocycles. The van der Waals surface area contributed by atoms with Gasteiger partial charge in [0.25, 0.3) is 0 Å². The van der Waals surface area contributed by atoms with Crippen LogP contribution in [0.2, 0.25) is 5.02 Å². The molecule has 0 aromatic heterocycles. The van der Waals surface area contributed by atoms with Gasteiger partial charge in [0.2, 0.25) is 0 Å². The SMILES string of the molecule is Cl.Clc1ccc(C2C3CNCC2C3)cc1. The van der Waals surface area contributed by atoms with E-state index in [-0.39, 0.29) is 12.4 Å². The first kappa shape index (κ1) is 11.3. The van der Waals surface area contributed by atoms with Crippen LogP contribution in [0.15, 0.2) is 24.3 Å². The number of benzene rings is 1. The second-order valence-corrected chi connectivity index (χ2v) is 4.93. The van der Waals surface area contributed by atoms with Crippen LogP contribution in [0.1, 0.15) is 17.9 Å². The molecule has 1 aromatic carbocycles. The molecule has 2 atom stereocenters. The first-order chi connectivity index (χ1) is 6.84. The third-order valence-electron chi connectivity index (χ3n) is 3.69. The molecule has 0 radical (unpaired) electrons. The Balaban J connectivity index is 0.000000853. The number of hydrogen-bond donors (Lipinski definition) is 1. The Morgan fingerprint density at radius 1 is 1.07 bits per heavy atom. The predicted octanol–water partition coefficient (Wildman–Crippen LogP) is 3.08. The number of nitrogens with one attached hydrogen (secondary N) is 1. The van der Waals surface area contributed by atoms with Gasteiger partial charge in [0.05, 0.1) is 0 Å². The Hall–Kier alpha value is -0.240. The first-order valence-corrected chi connectivity index (χ1v) is 5.68. The minimum absolute atomic E-state index is 0. The highest BCUT2D eigenvalue weighted by Gasteiger charge is 2.44. The maximum Gasteiger partial charge on any atom is 0.0406 e. The van der Waals surface area contributed by atoms with E-state index in [1.54, 1.807) is 0 Å². The number of fused-ring (bicyclic) bond motifs is 2. The average molecular weight is 244 g/mol. The molecule has 1 saturated carbocycles. The molecule has 0 spiro atoms. The fourth-order valence-corrected chi connectivity index (χ4v) is 3.10. The Morgan fingerprint density at radius 2 is 1.67 bits per heavy atom. The molecule has 1 N–H and O–H groups in total. The minimum Gasteiger partial charge on any atom is -0.316 e. The quantitative estimate of drug-likeness (QED) is 0.800. The lowest BCUT2D eigenvalue weighted by Gasteiger charge is -2.50. The summed E-state index contributed by atoms with van der Waals surface area (Å²) >= 11 is 5.89. The Labute approximate surface area is 102 Å². The molecule has 15 heavy (non-hydrogen) atoms. The smallest absolute Gasteiger partial charge is 0.0406 e. The molecule has 2 aliphatic rings. The van der Waals surface area contributed by atoms with Crippen molar-refractivity contribution in [2.45, 2.75) is 12.3 Å². The normalized spacial score (nSPS) is 32.7. The van der Waals surface area contributed by atoms with Crippen LogP contribution in [0, 0.1) is 11.8 Å². The van der Waals surface area contributed by atoms with Crippen molar-refractivity contribution in [3.8, 4) is 0 Å². The van der Waals surface area contributed by atoms with Crippen LogP contribution < -0.4 is 5.32 Å². The van der Waals surface area contributed by atoms with Gasteiger partial charge in [-0.25, -0.2) is 0 Å². The molecule has 3 rings (SSSR count). The van der Waals surface area contributed by atoms with Gasteiger partial charge in [-0.1, -0.05) is 23.7 Å². The fraction of sp³-hybridized carbons (Fsp3) is 0.500. The standard InChI is InChI=1S/C12H14ClN.ClH/c13-11-3-1-8(2-4-11)12-9-5-10(12)7-14-6-9;/h1-4,9-10,12,14H,5-7H2;1H. The van der Waals surface area contributed by atoms with E-state index in [9.17, 15) is 0 Å². The molecular weight excluding hydrogens is 229 g/mol. The molecule has 2 bridgehead atoms. The number of hydrogen-bond acceptors (Lipinski definition) is 1. The molecule has 2 fully saturated rings. The molecule has 2 unspecified atom stereocenters. The van der Waals surface area contributed by atoms with Crippen LogP contribution in [0.25, 0.3) is 0 Å². The second-order valence-electron chi connectivity index (χ2n) is 4.49. The van der Waals surface area contributed by atoms with E-state index in [1.807, 2.05) is 12.1 Å². The van der Waals surface area contributed by atoms with Gasteiger partial charge in [0, 0.05) is 5.02 Å². The summed E-state index contributed by atoms with van der Waals surface area (Å²) in [4.78, 5) is 0. The predicted molar refractivity (Wildman–Crippen MR) is 65.9 cm³/mol. The lowest BCUT2D eigenvalue weighted by molar-refractivity contribution is 0.0912.